The van der Waals surface area contributed by atoms with Gasteiger partial charge < -0.3 is 16.2 Å². The third-order valence-electron chi connectivity index (χ3n) is 3.54. The fraction of sp³-hybridized carbons (Fsp3) is 0.818. The third-order valence-corrected chi connectivity index (χ3v) is 3.54. The number of carbonyl (C=O) groups excluding carboxylic acids is 1. The van der Waals surface area contributed by atoms with E-state index in [1.807, 2.05) is 0 Å². The maximum Gasteiger partial charge on any atom is 0.326 e. The maximum absolute atomic E-state index is 11.6. The van der Waals surface area contributed by atoms with E-state index in [0.717, 1.165) is 32.1 Å². The fourth-order valence-corrected chi connectivity index (χ4v) is 2.16. The fourth-order valence-electron chi connectivity index (χ4n) is 2.16. The molecule has 0 aromatic carbocycles. The highest BCUT2D eigenvalue weighted by molar-refractivity contribution is 5.84. The van der Waals surface area contributed by atoms with Gasteiger partial charge in [0.1, 0.15) is 6.04 Å². The lowest BCUT2D eigenvalue weighted by Gasteiger charge is -2.37. The Balaban J connectivity index is 1.82. The molecule has 90 valence electrons. The topological polar surface area (TPSA) is 92.4 Å². The van der Waals surface area contributed by atoms with Gasteiger partial charge in [-0.05, 0) is 38.0 Å². The number of carboxylic acid groups (broad SMARTS) is 1. The van der Waals surface area contributed by atoms with Crippen LogP contribution in [0.4, 0.5) is 0 Å². The van der Waals surface area contributed by atoms with Gasteiger partial charge in [-0.15, -0.1) is 0 Å². The molecule has 0 bridgehead atoms. The van der Waals surface area contributed by atoms with Gasteiger partial charge in [-0.3, -0.25) is 4.79 Å². The molecule has 4 N–H and O–H groups in total. The zero-order valence-electron chi connectivity index (χ0n) is 9.24. The quantitative estimate of drug-likeness (QED) is 0.626. The van der Waals surface area contributed by atoms with Gasteiger partial charge in [0.2, 0.25) is 5.91 Å². The normalized spacial score (nSPS) is 24.3. The van der Waals surface area contributed by atoms with Crippen molar-refractivity contribution in [2.45, 2.75) is 50.1 Å². The van der Waals surface area contributed by atoms with Crippen LogP contribution in [0.15, 0.2) is 0 Å². The van der Waals surface area contributed by atoms with Crippen LogP contribution in [-0.2, 0) is 9.59 Å². The summed E-state index contributed by atoms with van der Waals surface area (Å²) in [5.41, 5.74) is 5.56. The molecule has 1 atom stereocenters. The minimum Gasteiger partial charge on any atom is -0.480 e. The van der Waals surface area contributed by atoms with Crippen molar-refractivity contribution in [2.24, 2.45) is 11.7 Å². The Bertz CT molecular complexity index is 308. The van der Waals surface area contributed by atoms with Crippen molar-refractivity contribution >= 4 is 11.9 Å². The SMILES string of the molecule is NC1(CC(=O)NC(C(=O)O)C2CC2)CCC1. The van der Waals surface area contributed by atoms with Crippen molar-refractivity contribution in [1.82, 2.24) is 5.32 Å². The summed E-state index contributed by atoms with van der Waals surface area (Å²) in [5.74, 6) is -1.03. The van der Waals surface area contributed by atoms with Crippen molar-refractivity contribution in [3.05, 3.63) is 0 Å². The lowest BCUT2D eigenvalue weighted by Crippen LogP contribution is -2.52. The van der Waals surface area contributed by atoms with E-state index in [9.17, 15) is 9.59 Å². The van der Waals surface area contributed by atoms with Crippen LogP contribution in [0.1, 0.15) is 38.5 Å². The number of nitrogens with two attached hydrogens (primary N) is 1. The molecule has 0 aliphatic heterocycles. The Morgan fingerprint density at radius 2 is 2.06 bits per heavy atom. The van der Waals surface area contributed by atoms with Gasteiger partial charge in [0.15, 0.2) is 0 Å². The summed E-state index contributed by atoms with van der Waals surface area (Å²) in [6.45, 7) is 0. The molecule has 2 saturated carbocycles. The first-order valence-corrected chi connectivity index (χ1v) is 5.81. The summed E-state index contributed by atoms with van der Waals surface area (Å²) >= 11 is 0. The highest BCUT2D eigenvalue weighted by Gasteiger charge is 2.39. The summed E-state index contributed by atoms with van der Waals surface area (Å²) in [5, 5.41) is 11.5. The predicted molar refractivity (Wildman–Crippen MR) is 57.7 cm³/mol. The Hall–Kier alpha value is -1.10. The van der Waals surface area contributed by atoms with Gasteiger partial charge in [0.25, 0.3) is 0 Å². The second-order valence-corrected chi connectivity index (χ2v) is 5.11. The van der Waals surface area contributed by atoms with Gasteiger partial charge in [-0.1, -0.05) is 0 Å². The maximum atomic E-state index is 11.6. The third kappa shape index (κ3) is 2.52. The minimum atomic E-state index is -0.935. The van der Waals surface area contributed by atoms with Crippen LogP contribution in [0.3, 0.4) is 0 Å². The first-order valence-electron chi connectivity index (χ1n) is 5.81. The minimum absolute atomic E-state index is 0.122. The predicted octanol–water partition coefficient (Wildman–Crippen LogP) is 0.237. The first kappa shape index (κ1) is 11.4. The molecule has 5 heteroatoms. The van der Waals surface area contributed by atoms with Crippen molar-refractivity contribution in [3.63, 3.8) is 0 Å². The molecule has 0 aromatic rings. The average molecular weight is 226 g/mol. The number of hydrogen-bond donors (Lipinski definition) is 3. The number of aliphatic carboxylic acids is 1. The standard InChI is InChI=1S/C11H18N2O3/c12-11(4-1-5-11)6-8(14)13-9(10(15)16)7-2-3-7/h7,9H,1-6,12H2,(H,13,14)(H,15,16). The lowest BCUT2D eigenvalue weighted by molar-refractivity contribution is -0.142. The van der Waals surface area contributed by atoms with E-state index < -0.39 is 12.0 Å². The van der Waals surface area contributed by atoms with Gasteiger partial charge in [-0.25, -0.2) is 4.79 Å². The Morgan fingerprint density at radius 3 is 2.44 bits per heavy atom. The van der Waals surface area contributed by atoms with Crippen molar-refractivity contribution in [1.29, 1.82) is 0 Å². The van der Waals surface area contributed by atoms with E-state index in [1.165, 1.54) is 0 Å². The van der Waals surface area contributed by atoms with Crippen LogP contribution < -0.4 is 11.1 Å². The summed E-state index contributed by atoms with van der Waals surface area (Å²) in [4.78, 5) is 22.6. The molecule has 1 unspecified atom stereocenters. The van der Waals surface area contributed by atoms with Gasteiger partial charge in [0, 0.05) is 12.0 Å². The van der Waals surface area contributed by atoms with Gasteiger partial charge >= 0.3 is 5.97 Å². The van der Waals surface area contributed by atoms with Crippen LogP contribution >= 0.6 is 0 Å². The number of rotatable bonds is 5. The van der Waals surface area contributed by atoms with Crippen molar-refractivity contribution in [3.8, 4) is 0 Å². The Morgan fingerprint density at radius 1 is 1.44 bits per heavy atom. The highest BCUT2D eigenvalue weighted by atomic mass is 16.4. The molecular formula is C11H18N2O3. The number of hydrogen-bond acceptors (Lipinski definition) is 3. The van der Waals surface area contributed by atoms with E-state index in [2.05, 4.69) is 5.32 Å². The van der Waals surface area contributed by atoms with Crippen molar-refractivity contribution in [2.75, 3.05) is 0 Å². The molecule has 2 aliphatic carbocycles. The van der Waals surface area contributed by atoms with E-state index in [0.29, 0.717) is 0 Å². The van der Waals surface area contributed by atoms with Crippen LogP contribution in [0, 0.1) is 5.92 Å². The lowest BCUT2D eigenvalue weighted by atomic mass is 9.75. The molecule has 0 saturated heterocycles. The van der Waals surface area contributed by atoms with E-state index in [4.69, 9.17) is 10.8 Å². The van der Waals surface area contributed by atoms with Crippen LogP contribution in [0.5, 0.6) is 0 Å². The highest BCUT2D eigenvalue weighted by Crippen LogP contribution is 2.34. The van der Waals surface area contributed by atoms with Crippen molar-refractivity contribution < 1.29 is 14.7 Å². The smallest absolute Gasteiger partial charge is 0.326 e. The number of carbonyl (C=O) groups is 2. The molecule has 0 heterocycles. The Labute approximate surface area is 94.4 Å². The summed E-state index contributed by atoms with van der Waals surface area (Å²) in [7, 11) is 0. The summed E-state index contributed by atoms with van der Waals surface area (Å²) < 4.78 is 0. The molecule has 0 radical (unpaired) electrons. The average Bonchev–Trinajstić information content (AvgIpc) is 2.94. The zero-order valence-corrected chi connectivity index (χ0v) is 9.24. The van der Waals surface area contributed by atoms with Crippen LogP contribution in [0.2, 0.25) is 0 Å². The molecule has 0 spiro atoms. The monoisotopic (exact) mass is 226 g/mol. The van der Waals surface area contributed by atoms with E-state index >= 15 is 0 Å². The Kier molecular flexibility index (Phi) is 2.88. The molecular weight excluding hydrogens is 208 g/mol. The van der Waals surface area contributed by atoms with Crippen LogP contribution in [-0.4, -0.2) is 28.6 Å². The van der Waals surface area contributed by atoms with Gasteiger partial charge in [-0.2, -0.15) is 0 Å². The van der Waals surface area contributed by atoms with E-state index in [-0.39, 0.29) is 23.8 Å². The first-order chi connectivity index (χ1) is 7.50. The van der Waals surface area contributed by atoms with Gasteiger partial charge in [0.05, 0.1) is 0 Å². The molecule has 2 aliphatic rings. The largest absolute Gasteiger partial charge is 0.480 e. The second-order valence-electron chi connectivity index (χ2n) is 5.11. The second kappa shape index (κ2) is 4.05. The van der Waals surface area contributed by atoms with Crippen LogP contribution in [0.25, 0.3) is 0 Å². The summed E-state index contributed by atoms with van der Waals surface area (Å²) in [6.07, 6.45) is 4.83. The van der Waals surface area contributed by atoms with E-state index in [1.54, 1.807) is 0 Å². The number of carboxylic acids is 1. The summed E-state index contributed by atoms with van der Waals surface area (Å²) in [6, 6.07) is -0.712. The zero-order chi connectivity index (χ0) is 11.8. The molecule has 2 fully saturated rings. The molecule has 16 heavy (non-hydrogen) atoms. The molecule has 0 aromatic heterocycles. The molecule has 1 amide bonds. The molecule has 2 rings (SSSR count). The number of nitrogens with one attached hydrogen (secondary N) is 1. The molecule has 5 nitrogen and oxygen atoms in total. The number of amides is 1.